The lowest BCUT2D eigenvalue weighted by atomic mass is 9.80. The van der Waals surface area contributed by atoms with Crippen LogP contribution in [0.25, 0.3) is 0 Å². The minimum Gasteiger partial charge on any atom is -0.489 e. The summed E-state index contributed by atoms with van der Waals surface area (Å²) in [5, 5.41) is 9.86. The van der Waals surface area contributed by atoms with Gasteiger partial charge >= 0.3 is 12.1 Å². The van der Waals surface area contributed by atoms with Crippen LogP contribution in [0.15, 0.2) is 83.8 Å². The van der Waals surface area contributed by atoms with Crippen molar-refractivity contribution in [3.8, 4) is 5.75 Å². The number of carboxylic acids is 1. The summed E-state index contributed by atoms with van der Waals surface area (Å²) in [7, 11) is 0. The number of hydrogen-bond acceptors (Lipinski definition) is 6. The van der Waals surface area contributed by atoms with Crippen molar-refractivity contribution in [1.82, 2.24) is 4.90 Å². The molecular weight excluding hydrogens is 500 g/mol. The summed E-state index contributed by atoms with van der Waals surface area (Å²) >= 11 is 1.46. The van der Waals surface area contributed by atoms with Crippen molar-refractivity contribution in [3.63, 3.8) is 0 Å². The Morgan fingerprint density at radius 2 is 1.76 bits per heavy atom. The summed E-state index contributed by atoms with van der Waals surface area (Å²) in [5.41, 5.74) is 2.24. The fraction of sp³-hybridized carbons (Fsp3) is 0.333. The van der Waals surface area contributed by atoms with Crippen molar-refractivity contribution < 1.29 is 24.2 Å². The molecule has 8 heteroatoms. The minimum atomic E-state index is -0.846. The normalized spacial score (nSPS) is 17.5. The first-order valence-electron chi connectivity index (χ1n) is 12.7. The molecular formula is C30H34N2O5S. The van der Waals surface area contributed by atoms with Crippen LogP contribution in [0.1, 0.15) is 44.2 Å². The van der Waals surface area contributed by atoms with Crippen LogP contribution in [0.4, 0.5) is 10.5 Å². The highest BCUT2D eigenvalue weighted by atomic mass is 32.2. The molecule has 2 atom stereocenters. The molecule has 0 bridgehead atoms. The van der Waals surface area contributed by atoms with E-state index in [1.807, 2.05) is 99.6 Å². The lowest BCUT2D eigenvalue weighted by molar-refractivity contribution is -0.144. The van der Waals surface area contributed by atoms with Crippen LogP contribution in [0, 0.1) is 5.92 Å². The standard InChI is InChI=1S/C30H34N2O5S/c1-30(2,3)37-29(35)32-17-16-26(28(33)34)27(19-32)22-10-7-11-23(18-22)31-38-25-14-12-24(13-15-25)36-20-21-8-5-4-6-9-21/h4-15,18,26-27,31H,16-17,19-20H2,1-3H3,(H,33,34). The summed E-state index contributed by atoms with van der Waals surface area (Å²) in [6.07, 6.45) is -0.0305. The number of anilines is 1. The molecule has 1 fully saturated rings. The van der Waals surface area contributed by atoms with E-state index >= 15 is 0 Å². The molecule has 38 heavy (non-hydrogen) atoms. The number of aliphatic carboxylic acids is 1. The van der Waals surface area contributed by atoms with E-state index in [0.29, 0.717) is 26.1 Å². The number of carbonyl (C=O) groups excluding carboxylic acids is 1. The van der Waals surface area contributed by atoms with Gasteiger partial charge in [0.1, 0.15) is 18.0 Å². The van der Waals surface area contributed by atoms with Gasteiger partial charge in [-0.05, 0) is 86.7 Å². The molecule has 1 amide bonds. The maximum atomic E-state index is 12.7. The van der Waals surface area contributed by atoms with Gasteiger partial charge in [-0.3, -0.25) is 4.79 Å². The maximum absolute atomic E-state index is 12.7. The van der Waals surface area contributed by atoms with Crippen molar-refractivity contribution in [2.45, 2.75) is 50.2 Å². The van der Waals surface area contributed by atoms with Crippen LogP contribution in [0.2, 0.25) is 0 Å². The Labute approximate surface area is 228 Å². The molecule has 2 N–H and O–H groups in total. The molecule has 4 rings (SSSR count). The fourth-order valence-corrected chi connectivity index (χ4v) is 5.01. The number of hydrogen-bond donors (Lipinski definition) is 2. The third kappa shape index (κ3) is 7.68. The average molecular weight is 535 g/mol. The lowest BCUT2D eigenvalue weighted by Gasteiger charge is -2.37. The summed E-state index contributed by atoms with van der Waals surface area (Å²) in [4.78, 5) is 27.3. The van der Waals surface area contributed by atoms with Gasteiger partial charge in [0.15, 0.2) is 0 Å². The average Bonchev–Trinajstić information content (AvgIpc) is 2.91. The Morgan fingerprint density at radius 1 is 1.03 bits per heavy atom. The van der Waals surface area contributed by atoms with E-state index in [2.05, 4.69) is 4.72 Å². The first kappa shape index (κ1) is 27.4. The van der Waals surface area contributed by atoms with Gasteiger partial charge in [0.25, 0.3) is 0 Å². The number of carboxylic acid groups (broad SMARTS) is 1. The largest absolute Gasteiger partial charge is 0.489 e. The minimum absolute atomic E-state index is 0.299. The SMILES string of the molecule is CC(C)(C)OC(=O)N1CCC(C(=O)O)C(c2cccc(NSc3ccc(OCc4ccccc4)cc3)c2)C1. The molecule has 1 aliphatic heterocycles. The van der Waals surface area contributed by atoms with E-state index in [1.54, 1.807) is 4.90 Å². The summed E-state index contributed by atoms with van der Waals surface area (Å²) in [6.45, 7) is 6.65. The molecule has 0 radical (unpaired) electrons. The number of nitrogens with one attached hydrogen (secondary N) is 1. The Hall–Kier alpha value is -3.65. The molecule has 3 aromatic carbocycles. The smallest absolute Gasteiger partial charge is 0.410 e. The first-order valence-corrected chi connectivity index (χ1v) is 13.5. The lowest BCUT2D eigenvalue weighted by Crippen LogP contribution is -2.46. The number of piperidine rings is 1. The van der Waals surface area contributed by atoms with Crippen LogP contribution in [-0.4, -0.2) is 40.8 Å². The zero-order valence-electron chi connectivity index (χ0n) is 21.9. The zero-order valence-corrected chi connectivity index (χ0v) is 22.7. The summed E-state index contributed by atoms with van der Waals surface area (Å²) < 4.78 is 14.7. The number of amides is 1. The number of likely N-dealkylation sites (tertiary alicyclic amines) is 1. The highest BCUT2D eigenvalue weighted by Gasteiger charge is 2.38. The van der Waals surface area contributed by atoms with Gasteiger partial charge < -0.3 is 24.2 Å². The molecule has 3 aromatic rings. The van der Waals surface area contributed by atoms with Crippen LogP contribution in [-0.2, 0) is 16.1 Å². The van der Waals surface area contributed by atoms with Crippen LogP contribution in [0.3, 0.4) is 0 Å². The third-order valence-electron chi connectivity index (χ3n) is 6.26. The van der Waals surface area contributed by atoms with Gasteiger partial charge in [0.2, 0.25) is 0 Å². The van der Waals surface area contributed by atoms with E-state index in [-0.39, 0.29) is 5.92 Å². The van der Waals surface area contributed by atoms with Crippen molar-refractivity contribution in [3.05, 3.63) is 90.0 Å². The van der Waals surface area contributed by atoms with Gasteiger partial charge in [-0.15, -0.1) is 0 Å². The number of benzene rings is 3. The zero-order chi connectivity index (χ0) is 27.1. The number of rotatable bonds is 8. The molecule has 7 nitrogen and oxygen atoms in total. The van der Waals surface area contributed by atoms with Gasteiger partial charge in [-0.2, -0.15) is 0 Å². The molecule has 2 unspecified atom stereocenters. The molecule has 1 saturated heterocycles. The van der Waals surface area contributed by atoms with Gasteiger partial charge in [-0.25, -0.2) is 4.79 Å². The number of nitrogens with zero attached hydrogens (tertiary/aromatic N) is 1. The van der Waals surface area contributed by atoms with Gasteiger partial charge in [-0.1, -0.05) is 42.5 Å². The molecule has 0 aliphatic carbocycles. The first-order chi connectivity index (χ1) is 18.2. The Bertz CT molecular complexity index is 1230. The second-order valence-corrected chi connectivity index (χ2v) is 11.2. The topological polar surface area (TPSA) is 88.1 Å². The van der Waals surface area contributed by atoms with Gasteiger partial charge in [0.05, 0.1) is 5.92 Å². The van der Waals surface area contributed by atoms with E-state index < -0.39 is 23.6 Å². The highest BCUT2D eigenvalue weighted by Crippen LogP contribution is 2.35. The quantitative estimate of drug-likeness (QED) is 0.307. The van der Waals surface area contributed by atoms with E-state index in [4.69, 9.17) is 9.47 Å². The van der Waals surface area contributed by atoms with E-state index in [1.165, 1.54) is 11.9 Å². The molecule has 1 aliphatic rings. The fourth-order valence-electron chi connectivity index (χ4n) is 4.37. The van der Waals surface area contributed by atoms with Crippen molar-refractivity contribution in [2.75, 3.05) is 17.8 Å². The monoisotopic (exact) mass is 534 g/mol. The van der Waals surface area contributed by atoms with Crippen LogP contribution in [0.5, 0.6) is 5.75 Å². The molecule has 0 aromatic heterocycles. The number of ether oxygens (including phenoxy) is 2. The van der Waals surface area contributed by atoms with Crippen molar-refractivity contribution >= 4 is 29.7 Å². The predicted octanol–water partition coefficient (Wildman–Crippen LogP) is 6.81. The second kappa shape index (κ2) is 12.3. The number of carbonyl (C=O) groups is 2. The predicted molar refractivity (Wildman–Crippen MR) is 149 cm³/mol. The highest BCUT2D eigenvalue weighted by molar-refractivity contribution is 8.00. The molecule has 0 spiro atoms. The van der Waals surface area contributed by atoms with Crippen LogP contribution < -0.4 is 9.46 Å². The Morgan fingerprint density at radius 3 is 2.45 bits per heavy atom. The molecule has 1 heterocycles. The van der Waals surface area contributed by atoms with Crippen molar-refractivity contribution in [1.29, 1.82) is 0 Å². The van der Waals surface area contributed by atoms with Crippen molar-refractivity contribution in [2.24, 2.45) is 5.92 Å². The maximum Gasteiger partial charge on any atom is 0.410 e. The van der Waals surface area contributed by atoms with E-state index in [9.17, 15) is 14.7 Å². The van der Waals surface area contributed by atoms with E-state index in [0.717, 1.165) is 27.5 Å². The second-order valence-electron chi connectivity index (χ2n) is 10.3. The van der Waals surface area contributed by atoms with Crippen LogP contribution >= 0.6 is 11.9 Å². The Kier molecular flexibility index (Phi) is 8.84. The summed E-state index contributed by atoms with van der Waals surface area (Å²) in [5.74, 6) is -0.950. The molecule has 0 saturated carbocycles. The third-order valence-corrected chi connectivity index (χ3v) is 7.10. The van der Waals surface area contributed by atoms with Gasteiger partial charge in [0, 0.05) is 29.6 Å². The molecule has 200 valence electrons. The summed E-state index contributed by atoms with van der Waals surface area (Å²) in [6, 6.07) is 25.6. The Balaban J connectivity index is 1.38.